The Morgan fingerprint density at radius 2 is 1.12 bits per heavy atom. The minimum absolute atomic E-state index is 0.499. The molecule has 1 aliphatic heterocycles. The highest BCUT2D eigenvalue weighted by molar-refractivity contribution is 8.27. The number of halogens is 2. The van der Waals surface area contributed by atoms with Gasteiger partial charge in [-0.05, 0) is 48.2 Å². The average molecular weight is 487 g/mol. The van der Waals surface area contributed by atoms with Crippen LogP contribution >= 0.6 is 35.0 Å². The number of ether oxygens (including phenoxy) is 3. The number of aliphatic imine (C=N–C) groups is 2. The van der Waals surface area contributed by atoms with Crippen LogP contribution in [0.4, 0.5) is 0 Å². The van der Waals surface area contributed by atoms with Crippen molar-refractivity contribution in [3.63, 3.8) is 0 Å². The first-order valence-electron chi connectivity index (χ1n) is 9.67. The molecule has 4 rings (SSSR count). The van der Waals surface area contributed by atoms with Crippen molar-refractivity contribution in [2.45, 2.75) is 6.17 Å². The topological polar surface area (TPSA) is 52.4 Å². The SMILES string of the molecule is COc1cc(C2N=C(c3ccc(Cl)cc3)SC(c3ccc(Cl)cc3)=N2)cc(OC)c1OC. The standard InChI is InChI=1S/C24H20Cl2N2O3S/c1-29-19-12-16(13-20(30-2)21(19)31-3)22-27-23(14-4-8-17(25)9-5-14)32-24(28-22)15-6-10-18(26)11-7-15/h4-13,22H,1-3H3. The molecule has 0 amide bonds. The Morgan fingerprint density at radius 1 is 0.688 bits per heavy atom. The van der Waals surface area contributed by atoms with Gasteiger partial charge in [0.05, 0.1) is 21.3 Å². The fourth-order valence-corrected chi connectivity index (χ4v) is 4.49. The molecule has 1 heterocycles. The number of hydrogen-bond donors (Lipinski definition) is 0. The normalized spacial score (nSPS) is 13.9. The lowest BCUT2D eigenvalue weighted by molar-refractivity contribution is 0.323. The van der Waals surface area contributed by atoms with Gasteiger partial charge in [0.25, 0.3) is 0 Å². The molecule has 3 aromatic rings. The summed E-state index contributed by atoms with van der Waals surface area (Å²) in [6.07, 6.45) is -0.499. The van der Waals surface area contributed by atoms with E-state index in [0.29, 0.717) is 27.3 Å². The van der Waals surface area contributed by atoms with E-state index in [1.807, 2.05) is 60.7 Å². The lowest BCUT2D eigenvalue weighted by Crippen LogP contribution is -2.13. The summed E-state index contributed by atoms with van der Waals surface area (Å²) in [5.41, 5.74) is 2.73. The van der Waals surface area contributed by atoms with E-state index in [0.717, 1.165) is 26.8 Å². The number of rotatable bonds is 6. The summed E-state index contributed by atoms with van der Waals surface area (Å²) in [6.45, 7) is 0. The van der Waals surface area contributed by atoms with E-state index >= 15 is 0 Å². The Kier molecular flexibility index (Phi) is 6.94. The highest BCUT2D eigenvalue weighted by atomic mass is 35.5. The molecule has 0 fully saturated rings. The maximum absolute atomic E-state index is 6.09. The molecule has 8 heteroatoms. The van der Waals surface area contributed by atoms with E-state index in [2.05, 4.69) is 0 Å². The maximum atomic E-state index is 6.09. The first kappa shape index (κ1) is 22.5. The third kappa shape index (κ3) is 4.72. The summed E-state index contributed by atoms with van der Waals surface area (Å²) in [5, 5.41) is 3.01. The van der Waals surface area contributed by atoms with Gasteiger partial charge in [-0.25, -0.2) is 9.98 Å². The minimum atomic E-state index is -0.499. The van der Waals surface area contributed by atoms with E-state index in [-0.39, 0.29) is 0 Å². The predicted octanol–water partition coefficient (Wildman–Crippen LogP) is 6.66. The maximum Gasteiger partial charge on any atom is 0.203 e. The van der Waals surface area contributed by atoms with Crippen molar-refractivity contribution in [2.75, 3.05) is 21.3 Å². The van der Waals surface area contributed by atoms with Crippen molar-refractivity contribution in [3.05, 3.63) is 87.4 Å². The molecule has 0 atom stereocenters. The van der Waals surface area contributed by atoms with Gasteiger partial charge in [-0.1, -0.05) is 47.5 Å². The van der Waals surface area contributed by atoms with Gasteiger partial charge >= 0.3 is 0 Å². The smallest absolute Gasteiger partial charge is 0.203 e. The number of hydrogen-bond acceptors (Lipinski definition) is 6. The van der Waals surface area contributed by atoms with Gasteiger partial charge in [-0.2, -0.15) is 0 Å². The largest absolute Gasteiger partial charge is 0.493 e. The Hall–Kier alpha value is -2.67. The van der Waals surface area contributed by atoms with Crippen LogP contribution in [0.15, 0.2) is 70.6 Å². The van der Waals surface area contributed by atoms with Gasteiger partial charge < -0.3 is 14.2 Å². The Morgan fingerprint density at radius 3 is 1.50 bits per heavy atom. The lowest BCUT2D eigenvalue weighted by atomic mass is 10.1. The molecule has 0 saturated carbocycles. The molecule has 32 heavy (non-hydrogen) atoms. The third-order valence-electron chi connectivity index (χ3n) is 4.84. The molecule has 0 aliphatic carbocycles. The van der Waals surface area contributed by atoms with Crippen molar-refractivity contribution in [1.82, 2.24) is 0 Å². The predicted molar refractivity (Wildman–Crippen MR) is 132 cm³/mol. The molecule has 0 spiro atoms. The molecule has 0 saturated heterocycles. The van der Waals surface area contributed by atoms with Gasteiger partial charge in [-0.3, -0.25) is 0 Å². The molecular formula is C24H20Cl2N2O3S. The van der Waals surface area contributed by atoms with Crippen LogP contribution in [0.3, 0.4) is 0 Å². The highest BCUT2D eigenvalue weighted by Crippen LogP contribution is 2.42. The number of nitrogens with zero attached hydrogens (tertiary/aromatic N) is 2. The Balaban J connectivity index is 1.83. The van der Waals surface area contributed by atoms with Crippen LogP contribution < -0.4 is 14.2 Å². The van der Waals surface area contributed by atoms with Crippen molar-refractivity contribution >= 4 is 45.1 Å². The second-order valence-electron chi connectivity index (χ2n) is 6.82. The Labute approximate surface area is 201 Å². The van der Waals surface area contributed by atoms with Crippen molar-refractivity contribution < 1.29 is 14.2 Å². The van der Waals surface area contributed by atoms with Crippen molar-refractivity contribution in [3.8, 4) is 17.2 Å². The van der Waals surface area contributed by atoms with Gasteiger partial charge in [0.2, 0.25) is 5.75 Å². The highest BCUT2D eigenvalue weighted by Gasteiger charge is 2.24. The molecular weight excluding hydrogens is 467 g/mol. The van der Waals surface area contributed by atoms with Gasteiger partial charge in [0.1, 0.15) is 10.1 Å². The summed E-state index contributed by atoms with van der Waals surface area (Å²) in [7, 11) is 4.75. The molecule has 0 unspecified atom stereocenters. The van der Waals surface area contributed by atoms with Crippen LogP contribution in [-0.2, 0) is 0 Å². The zero-order valence-corrected chi connectivity index (χ0v) is 20.0. The summed E-state index contributed by atoms with van der Waals surface area (Å²) in [5.74, 6) is 1.62. The molecule has 5 nitrogen and oxygen atoms in total. The average Bonchev–Trinajstić information content (AvgIpc) is 2.83. The molecule has 1 aliphatic rings. The van der Waals surface area contributed by atoms with Crippen molar-refractivity contribution in [2.24, 2.45) is 9.98 Å². The quantitative estimate of drug-likeness (QED) is 0.390. The fourth-order valence-electron chi connectivity index (χ4n) is 3.25. The summed E-state index contributed by atoms with van der Waals surface area (Å²) in [4.78, 5) is 9.85. The van der Waals surface area contributed by atoms with Gasteiger partial charge in [0, 0.05) is 26.7 Å². The number of methoxy groups -OCH3 is 3. The first-order valence-corrected chi connectivity index (χ1v) is 11.2. The number of thioether (sulfide) groups is 1. The molecule has 3 aromatic carbocycles. The minimum Gasteiger partial charge on any atom is -0.493 e. The van der Waals surface area contributed by atoms with E-state index in [1.165, 1.54) is 11.8 Å². The second kappa shape index (κ2) is 9.86. The van der Waals surface area contributed by atoms with Crippen LogP contribution in [0.25, 0.3) is 0 Å². The van der Waals surface area contributed by atoms with Gasteiger partial charge in [-0.15, -0.1) is 0 Å². The second-order valence-corrected chi connectivity index (χ2v) is 8.67. The molecule has 0 N–H and O–H groups in total. The fraction of sp³-hybridized carbons (Fsp3) is 0.167. The number of benzene rings is 3. The van der Waals surface area contributed by atoms with Crippen LogP contribution in [-0.4, -0.2) is 31.4 Å². The zero-order chi connectivity index (χ0) is 22.7. The third-order valence-corrected chi connectivity index (χ3v) is 6.41. The summed E-state index contributed by atoms with van der Waals surface area (Å²) in [6, 6.07) is 18.9. The van der Waals surface area contributed by atoms with Crippen LogP contribution in [0.1, 0.15) is 22.9 Å². The van der Waals surface area contributed by atoms with Crippen LogP contribution in [0.2, 0.25) is 10.0 Å². The van der Waals surface area contributed by atoms with Crippen molar-refractivity contribution in [1.29, 1.82) is 0 Å². The van der Waals surface area contributed by atoms with E-state index in [9.17, 15) is 0 Å². The molecule has 0 bridgehead atoms. The van der Waals surface area contributed by atoms with E-state index in [4.69, 9.17) is 47.4 Å². The Bertz CT molecular complexity index is 1090. The van der Waals surface area contributed by atoms with Crippen LogP contribution in [0.5, 0.6) is 17.2 Å². The molecule has 0 aromatic heterocycles. The lowest BCUT2D eigenvalue weighted by Gasteiger charge is -2.22. The molecule has 0 radical (unpaired) electrons. The van der Waals surface area contributed by atoms with Gasteiger partial charge in [0.15, 0.2) is 17.7 Å². The first-order chi connectivity index (χ1) is 15.5. The summed E-state index contributed by atoms with van der Waals surface area (Å²) >= 11 is 13.7. The van der Waals surface area contributed by atoms with E-state index in [1.54, 1.807) is 21.3 Å². The van der Waals surface area contributed by atoms with E-state index < -0.39 is 6.17 Å². The monoisotopic (exact) mass is 486 g/mol. The summed E-state index contributed by atoms with van der Waals surface area (Å²) < 4.78 is 16.5. The molecule has 164 valence electrons. The zero-order valence-electron chi connectivity index (χ0n) is 17.6. The van der Waals surface area contributed by atoms with Crippen LogP contribution in [0, 0.1) is 0 Å².